The first-order valence-corrected chi connectivity index (χ1v) is 10.8. The van der Waals surface area contributed by atoms with E-state index >= 15 is 0 Å². The molecular weight excluding hydrogens is 378 g/mol. The Kier molecular flexibility index (Phi) is 14.7. The second-order valence-corrected chi connectivity index (χ2v) is 7.01. The van der Waals surface area contributed by atoms with Gasteiger partial charge in [-0.25, -0.2) is 0 Å². The predicted molar refractivity (Wildman–Crippen MR) is 122 cm³/mol. The van der Waals surface area contributed by atoms with Crippen LogP contribution in [0.5, 0.6) is 0 Å². The quantitative estimate of drug-likeness (QED) is 0.602. The number of nitrogens with zero attached hydrogens (tertiary/aromatic N) is 2. The third kappa shape index (κ3) is 12.0. The Hall–Kier alpha value is -2.70. The summed E-state index contributed by atoms with van der Waals surface area (Å²) in [6.45, 7) is 14.8. The summed E-state index contributed by atoms with van der Waals surface area (Å²) in [7, 11) is 0. The molecule has 0 aromatic carbocycles. The fourth-order valence-electron chi connectivity index (χ4n) is 2.31. The Morgan fingerprint density at radius 2 is 1.77 bits per heavy atom. The minimum absolute atomic E-state index is 0.0350. The number of carbonyl (C=O) groups is 2. The minimum Gasteiger partial charge on any atom is -0.352 e. The van der Waals surface area contributed by atoms with Gasteiger partial charge in [0.05, 0.1) is 17.9 Å². The summed E-state index contributed by atoms with van der Waals surface area (Å²) in [6.07, 6.45) is 6.17. The summed E-state index contributed by atoms with van der Waals surface area (Å²) in [5, 5.41) is 12.7. The maximum absolute atomic E-state index is 11.3. The molecule has 0 saturated carbocycles. The number of carbonyl (C=O) groups excluding carboxylic acids is 2. The number of aryl methyl sites for hydroxylation is 2. The van der Waals surface area contributed by atoms with Crippen molar-refractivity contribution in [2.24, 2.45) is 5.92 Å². The summed E-state index contributed by atoms with van der Waals surface area (Å²) in [5.74, 6) is 0.177. The lowest BCUT2D eigenvalue weighted by Gasteiger charge is -2.07. The highest BCUT2D eigenvalue weighted by molar-refractivity contribution is 5.77. The summed E-state index contributed by atoms with van der Waals surface area (Å²) in [4.78, 5) is 26.3. The van der Waals surface area contributed by atoms with Gasteiger partial charge in [-0.15, -0.1) is 0 Å². The van der Waals surface area contributed by atoms with Crippen LogP contribution in [0.4, 0.5) is 0 Å². The van der Waals surface area contributed by atoms with E-state index in [0.29, 0.717) is 19.5 Å². The van der Waals surface area contributed by atoms with Gasteiger partial charge >= 0.3 is 0 Å². The predicted octanol–water partition coefficient (Wildman–Crippen LogP) is 4.08. The molecule has 0 unspecified atom stereocenters. The van der Waals surface area contributed by atoms with Crippen molar-refractivity contribution in [2.75, 3.05) is 0 Å². The lowest BCUT2D eigenvalue weighted by Crippen LogP contribution is -2.27. The summed E-state index contributed by atoms with van der Waals surface area (Å²) < 4.78 is 0. The third-order valence-corrected chi connectivity index (χ3v) is 3.91. The zero-order valence-electron chi connectivity index (χ0n) is 19.6. The molecule has 2 aromatic rings. The molecule has 2 aromatic heterocycles. The number of hydrogen-bond acceptors (Lipinski definition) is 4. The molecule has 168 valence electrons. The van der Waals surface area contributed by atoms with Crippen LogP contribution in [0.2, 0.25) is 0 Å². The molecule has 0 aliphatic heterocycles. The van der Waals surface area contributed by atoms with E-state index in [4.69, 9.17) is 0 Å². The molecule has 0 spiro atoms. The Labute approximate surface area is 181 Å². The van der Waals surface area contributed by atoms with E-state index in [1.807, 2.05) is 53.7 Å². The molecule has 0 radical (unpaired) electrons. The monoisotopic (exact) mass is 417 g/mol. The van der Waals surface area contributed by atoms with Gasteiger partial charge in [-0.3, -0.25) is 19.7 Å². The Balaban J connectivity index is 0.000000518. The maximum atomic E-state index is 11.3. The van der Waals surface area contributed by atoms with Gasteiger partial charge in [0.15, 0.2) is 0 Å². The first-order chi connectivity index (χ1) is 14.3. The van der Waals surface area contributed by atoms with E-state index in [9.17, 15) is 9.59 Å². The van der Waals surface area contributed by atoms with Gasteiger partial charge in [0.2, 0.25) is 11.8 Å². The van der Waals surface area contributed by atoms with Gasteiger partial charge in [-0.05, 0) is 30.5 Å². The van der Waals surface area contributed by atoms with Gasteiger partial charge in [0.1, 0.15) is 0 Å². The van der Waals surface area contributed by atoms with Crippen LogP contribution in [0.1, 0.15) is 76.9 Å². The molecule has 7 heteroatoms. The van der Waals surface area contributed by atoms with Gasteiger partial charge in [-0.1, -0.05) is 54.0 Å². The molecule has 2 rings (SSSR count). The average Bonchev–Trinajstić information content (AvgIpc) is 3.20. The molecule has 2 heterocycles. The van der Waals surface area contributed by atoms with Gasteiger partial charge in [0.25, 0.3) is 0 Å². The lowest BCUT2D eigenvalue weighted by molar-refractivity contribution is -0.124. The molecule has 0 fully saturated rings. The molecule has 0 aliphatic rings. The second kappa shape index (κ2) is 16.1. The van der Waals surface area contributed by atoms with Crippen molar-refractivity contribution in [1.29, 1.82) is 0 Å². The maximum Gasteiger partial charge on any atom is 0.222 e. The zero-order chi connectivity index (χ0) is 22.9. The van der Waals surface area contributed by atoms with Crippen molar-refractivity contribution in [3.05, 3.63) is 47.0 Å². The van der Waals surface area contributed by atoms with Crippen molar-refractivity contribution in [2.45, 2.75) is 80.8 Å². The van der Waals surface area contributed by atoms with Crippen LogP contribution in [-0.2, 0) is 29.1 Å². The third-order valence-electron chi connectivity index (χ3n) is 3.91. The summed E-state index contributed by atoms with van der Waals surface area (Å²) in [5.41, 5.74) is 4.18. The minimum atomic E-state index is 0.0350. The fraction of sp³-hybridized carbons (Fsp3) is 0.565. The highest BCUT2D eigenvalue weighted by Crippen LogP contribution is 2.02. The van der Waals surface area contributed by atoms with E-state index in [-0.39, 0.29) is 17.7 Å². The van der Waals surface area contributed by atoms with Crippen molar-refractivity contribution >= 4 is 11.8 Å². The zero-order valence-corrected chi connectivity index (χ0v) is 19.6. The number of aromatic amines is 1. The SMILES string of the molecule is CC.CCCc1cc(CNC(=O)CC)[nH]n1.Cc1cncc(CNC(=O)C(C)C)c1. The van der Waals surface area contributed by atoms with Crippen LogP contribution in [0.15, 0.2) is 24.5 Å². The molecule has 0 atom stereocenters. The van der Waals surface area contributed by atoms with Gasteiger partial charge in [-0.2, -0.15) is 5.10 Å². The number of hydrogen-bond donors (Lipinski definition) is 3. The van der Waals surface area contributed by atoms with E-state index in [1.165, 1.54) is 0 Å². The Morgan fingerprint density at radius 3 is 2.33 bits per heavy atom. The largest absolute Gasteiger partial charge is 0.352 e. The molecule has 30 heavy (non-hydrogen) atoms. The van der Waals surface area contributed by atoms with Crippen molar-refractivity contribution in [3.63, 3.8) is 0 Å². The van der Waals surface area contributed by atoms with Crippen LogP contribution >= 0.6 is 0 Å². The fourth-order valence-corrected chi connectivity index (χ4v) is 2.31. The average molecular weight is 418 g/mol. The van der Waals surface area contributed by atoms with Crippen molar-refractivity contribution in [3.8, 4) is 0 Å². The smallest absolute Gasteiger partial charge is 0.222 e. The topological polar surface area (TPSA) is 99.8 Å². The highest BCUT2D eigenvalue weighted by atomic mass is 16.2. The van der Waals surface area contributed by atoms with E-state index in [2.05, 4.69) is 32.7 Å². The molecule has 0 bridgehead atoms. The van der Waals surface area contributed by atoms with Crippen molar-refractivity contribution < 1.29 is 9.59 Å². The number of nitrogens with one attached hydrogen (secondary N) is 3. The molecule has 0 saturated heterocycles. The van der Waals surface area contributed by atoms with Crippen LogP contribution in [0.25, 0.3) is 0 Å². The number of pyridine rings is 1. The summed E-state index contributed by atoms with van der Waals surface area (Å²) in [6, 6.07) is 4.02. The highest BCUT2D eigenvalue weighted by Gasteiger charge is 2.05. The molecule has 7 nitrogen and oxygen atoms in total. The van der Waals surface area contributed by atoms with E-state index in [0.717, 1.165) is 35.4 Å². The van der Waals surface area contributed by atoms with Crippen LogP contribution in [-0.4, -0.2) is 27.0 Å². The number of aromatic nitrogens is 3. The molecule has 2 amide bonds. The van der Waals surface area contributed by atoms with Crippen molar-refractivity contribution in [1.82, 2.24) is 25.8 Å². The summed E-state index contributed by atoms with van der Waals surface area (Å²) >= 11 is 0. The van der Waals surface area contributed by atoms with E-state index in [1.54, 1.807) is 12.4 Å². The molecule has 0 aliphatic carbocycles. The second-order valence-electron chi connectivity index (χ2n) is 7.01. The molecule has 3 N–H and O–H groups in total. The lowest BCUT2D eigenvalue weighted by atomic mass is 10.2. The van der Waals surface area contributed by atoms with Crippen LogP contribution in [0.3, 0.4) is 0 Å². The van der Waals surface area contributed by atoms with Gasteiger partial charge in [0, 0.05) is 31.3 Å². The van der Waals surface area contributed by atoms with Crippen LogP contribution < -0.4 is 10.6 Å². The first-order valence-electron chi connectivity index (χ1n) is 10.8. The Bertz CT molecular complexity index is 741. The Morgan fingerprint density at radius 1 is 1.07 bits per heavy atom. The number of amides is 2. The first kappa shape index (κ1) is 27.3. The van der Waals surface area contributed by atoms with Crippen LogP contribution in [0, 0.1) is 12.8 Å². The normalized spacial score (nSPS) is 9.73. The van der Waals surface area contributed by atoms with Gasteiger partial charge < -0.3 is 10.6 Å². The number of rotatable bonds is 8. The standard InChI is InChI=1S/C11H16N2O.C10H17N3O.C2H6/c1-8(2)11(14)13-7-10-4-9(3)5-12-6-10;1-3-5-8-6-9(13-12-8)7-11-10(14)4-2;1-2/h4-6,8H,7H2,1-3H3,(H,13,14);6H,3-5,7H2,1-2H3,(H,11,14)(H,12,13);1-2H3. The number of H-pyrrole nitrogens is 1. The van der Waals surface area contributed by atoms with E-state index < -0.39 is 0 Å². The molecular formula is C23H39N5O2.